The first-order valence-electron chi connectivity index (χ1n) is 8.80. The topological polar surface area (TPSA) is 76.1 Å². The van der Waals surface area contributed by atoms with Crippen molar-refractivity contribution in [1.29, 1.82) is 0 Å². The van der Waals surface area contributed by atoms with Gasteiger partial charge in [0.15, 0.2) is 11.5 Å². The summed E-state index contributed by atoms with van der Waals surface area (Å²) in [5, 5.41) is 9.63. The highest BCUT2D eigenvalue weighted by Crippen LogP contribution is 2.43. The molecule has 3 atom stereocenters. The summed E-state index contributed by atoms with van der Waals surface area (Å²) in [6.07, 6.45) is 2.93. The van der Waals surface area contributed by atoms with Gasteiger partial charge in [0.05, 0.1) is 13.2 Å². The normalized spacial score (nSPS) is 25.1. The van der Waals surface area contributed by atoms with Crippen LogP contribution in [0.25, 0.3) is 0 Å². The van der Waals surface area contributed by atoms with Gasteiger partial charge in [0.25, 0.3) is 5.91 Å². The maximum Gasteiger partial charge on any atom is 0.326 e. The molecule has 1 saturated carbocycles. The third kappa shape index (κ3) is 3.30. The van der Waals surface area contributed by atoms with Crippen LogP contribution in [0.4, 0.5) is 0 Å². The van der Waals surface area contributed by atoms with Crippen molar-refractivity contribution >= 4 is 11.9 Å². The van der Waals surface area contributed by atoms with Gasteiger partial charge in [-0.1, -0.05) is 6.42 Å². The van der Waals surface area contributed by atoms with E-state index in [1.54, 1.807) is 18.2 Å². The summed E-state index contributed by atoms with van der Waals surface area (Å²) in [4.78, 5) is 26.2. The zero-order chi connectivity index (χ0) is 18.1. The number of hydrogen-bond acceptors (Lipinski definition) is 4. The molecule has 2 fully saturated rings. The summed E-state index contributed by atoms with van der Waals surface area (Å²) < 4.78 is 11.0. The number of benzene rings is 1. The fourth-order valence-corrected chi connectivity index (χ4v) is 4.15. The largest absolute Gasteiger partial charge is 0.493 e. The summed E-state index contributed by atoms with van der Waals surface area (Å²) in [6, 6.07) is 4.29. The van der Waals surface area contributed by atoms with Crippen molar-refractivity contribution in [2.75, 3.05) is 13.7 Å². The first-order chi connectivity index (χ1) is 11.9. The molecule has 6 heteroatoms. The second-order valence-electron chi connectivity index (χ2n) is 7.13. The molecule has 1 aliphatic carbocycles. The number of carboxylic acid groups (broad SMARTS) is 1. The smallest absolute Gasteiger partial charge is 0.326 e. The lowest BCUT2D eigenvalue weighted by molar-refractivity contribution is -0.142. The lowest BCUT2D eigenvalue weighted by atomic mass is 9.94. The van der Waals surface area contributed by atoms with E-state index in [-0.39, 0.29) is 17.9 Å². The number of methoxy groups -OCH3 is 1. The van der Waals surface area contributed by atoms with Crippen molar-refractivity contribution in [3.63, 3.8) is 0 Å². The molecule has 1 saturated heterocycles. The number of hydrogen-bond donors (Lipinski definition) is 1. The molecule has 136 valence electrons. The van der Waals surface area contributed by atoms with E-state index < -0.39 is 12.0 Å². The van der Waals surface area contributed by atoms with E-state index in [4.69, 9.17) is 9.47 Å². The molecule has 1 heterocycles. The molecular weight excluding hydrogens is 322 g/mol. The Labute approximate surface area is 147 Å². The van der Waals surface area contributed by atoms with Gasteiger partial charge in [-0.05, 0) is 56.7 Å². The number of ether oxygens (including phenoxy) is 2. The van der Waals surface area contributed by atoms with Gasteiger partial charge in [-0.3, -0.25) is 4.79 Å². The molecule has 6 nitrogen and oxygen atoms in total. The first-order valence-corrected chi connectivity index (χ1v) is 8.80. The van der Waals surface area contributed by atoms with Crippen LogP contribution in [-0.4, -0.2) is 47.7 Å². The van der Waals surface area contributed by atoms with Crippen molar-refractivity contribution in [2.24, 2.45) is 11.8 Å². The van der Waals surface area contributed by atoms with Gasteiger partial charge in [0.1, 0.15) is 6.04 Å². The number of aliphatic carboxylic acids is 1. The quantitative estimate of drug-likeness (QED) is 0.886. The van der Waals surface area contributed by atoms with Crippen molar-refractivity contribution in [3.8, 4) is 11.5 Å². The van der Waals surface area contributed by atoms with Crippen molar-refractivity contribution in [1.82, 2.24) is 4.90 Å². The molecule has 1 aromatic rings. The van der Waals surface area contributed by atoms with Crippen LogP contribution in [0.1, 0.15) is 43.5 Å². The Kier molecular flexibility index (Phi) is 4.88. The van der Waals surface area contributed by atoms with Gasteiger partial charge in [-0.15, -0.1) is 0 Å². The van der Waals surface area contributed by atoms with Crippen molar-refractivity contribution < 1.29 is 24.2 Å². The maximum absolute atomic E-state index is 13.0. The zero-order valence-corrected chi connectivity index (χ0v) is 14.9. The number of carbonyl (C=O) groups excluding carboxylic acids is 1. The number of carboxylic acids is 1. The van der Waals surface area contributed by atoms with Crippen LogP contribution in [-0.2, 0) is 4.79 Å². The van der Waals surface area contributed by atoms with Crippen LogP contribution in [0.5, 0.6) is 11.5 Å². The predicted octanol–water partition coefficient (Wildman–Crippen LogP) is 2.81. The Morgan fingerprint density at radius 2 is 2.00 bits per heavy atom. The molecule has 0 radical (unpaired) electrons. The molecule has 1 aromatic carbocycles. The lowest BCUT2D eigenvalue weighted by Crippen LogP contribution is -2.43. The fraction of sp³-hybridized carbons (Fsp3) is 0.579. The summed E-state index contributed by atoms with van der Waals surface area (Å²) >= 11 is 0. The molecule has 3 rings (SSSR count). The summed E-state index contributed by atoms with van der Waals surface area (Å²) in [7, 11) is 1.52. The Morgan fingerprint density at radius 3 is 2.64 bits per heavy atom. The van der Waals surface area contributed by atoms with E-state index in [1.165, 1.54) is 12.0 Å². The van der Waals surface area contributed by atoms with Crippen LogP contribution >= 0.6 is 0 Å². The summed E-state index contributed by atoms with van der Waals surface area (Å²) in [5.74, 6) is 0.265. The zero-order valence-electron chi connectivity index (χ0n) is 14.9. The predicted molar refractivity (Wildman–Crippen MR) is 92.0 cm³/mol. The molecule has 0 spiro atoms. The van der Waals surface area contributed by atoms with Gasteiger partial charge in [-0.2, -0.15) is 0 Å². The highest BCUT2D eigenvalue weighted by molar-refractivity contribution is 5.97. The van der Waals surface area contributed by atoms with E-state index in [2.05, 4.69) is 0 Å². The third-order valence-corrected chi connectivity index (χ3v) is 5.18. The van der Waals surface area contributed by atoms with Gasteiger partial charge in [-0.25, -0.2) is 4.79 Å². The Hall–Kier alpha value is -2.24. The fourth-order valence-electron chi connectivity index (χ4n) is 4.15. The second-order valence-corrected chi connectivity index (χ2v) is 7.13. The van der Waals surface area contributed by atoms with Gasteiger partial charge in [0.2, 0.25) is 0 Å². The minimum Gasteiger partial charge on any atom is -0.493 e. The van der Waals surface area contributed by atoms with E-state index in [1.807, 2.05) is 13.8 Å². The first kappa shape index (κ1) is 17.6. The van der Waals surface area contributed by atoms with Crippen LogP contribution in [0.3, 0.4) is 0 Å². The molecule has 1 aliphatic heterocycles. The number of amides is 1. The number of likely N-dealkylation sites (tertiary alicyclic amines) is 1. The average molecular weight is 347 g/mol. The van der Waals surface area contributed by atoms with Crippen molar-refractivity contribution in [3.05, 3.63) is 23.8 Å². The second kappa shape index (κ2) is 6.94. The van der Waals surface area contributed by atoms with E-state index >= 15 is 0 Å². The van der Waals surface area contributed by atoms with E-state index in [0.717, 1.165) is 19.3 Å². The highest BCUT2D eigenvalue weighted by Gasteiger charge is 2.49. The molecule has 2 aliphatic rings. The molecule has 1 N–H and O–H groups in total. The maximum atomic E-state index is 13.0. The number of nitrogens with zero attached hydrogens (tertiary/aromatic N) is 1. The third-order valence-electron chi connectivity index (χ3n) is 5.18. The molecule has 3 unspecified atom stereocenters. The SMILES string of the molecule is COc1cc(C(=O)N2CC3CCCC3C2C(=O)O)ccc1OC(C)C. The molecule has 0 aromatic heterocycles. The van der Waals surface area contributed by atoms with Crippen LogP contribution in [0.2, 0.25) is 0 Å². The average Bonchev–Trinajstić information content (AvgIpc) is 3.14. The Balaban J connectivity index is 1.86. The highest BCUT2D eigenvalue weighted by atomic mass is 16.5. The van der Waals surface area contributed by atoms with Crippen LogP contribution < -0.4 is 9.47 Å². The van der Waals surface area contributed by atoms with Crippen molar-refractivity contribution in [2.45, 2.75) is 45.3 Å². The number of carbonyl (C=O) groups is 2. The molecular formula is C19H25NO5. The monoisotopic (exact) mass is 347 g/mol. The Morgan fingerprint density at radius 1 is 1.24 bits per heavy atom. The minimum absolute atomic E-state index is 0.00945. The molecule has 25 heavy (non-hydrogen) atoms. The standard InChI is InChI=1S/C19H25NO5/c1-11(2)25-15-8-7-12(9-16(15)24-3)18(21)20-10-13-5-4-6-14(13)17(20)19(22)23/h7-9,11,13-14,17H,4-6,10H2,1-3H3,(H,22,23). The lowest BCUT2D eigenvalue weighted by Gasteiger charge is -2.25. The summed E-state index contributed by atoms with van der Waals surface area (Å²) in [6.45, 7) is 4.35. The Bertz CT molecular complexity index is 672. The number of fused-ring (bicyclic) bond motifs is 1. The van der Waals surface area contributed by atoms with Gasteiger partial charge in [0, 0.05) is 12.1 Å². The molecule has 1 amide bonds. The number of rotatable bonds is 5. The van der Waals surface area contributed by atoms with E-state index in [9.17, 15) is 14.7 Å². The summed E-state index contributed by atoms with van der Waals surface area (Å²) in [5.41, 5.74) is 0.430. The van der Waals surface area contributed by atoms with Crippen LogP contribution in [0, 0.1) is 11.8 Å². The van der Waals surface area contributed by atoms with Crippen LogP contribution in [0.15, 0.2) is 18.2 Å². The van der Waals surface area contributed by atoms with E-state index in [0.29, 0.717) is 29.5 Å². The van der Waals surface area contributed by atoms with Gasteiger partial charge < -0.3 is 19.5 Å². The molecule has 0 bridgehead atoms. The van der Waals surface area contributed by atoms with Gasteiger partial charge >= 0.3 is 5.97 Å². The minimum atomic E-state index is -0.908.